The molecule has 6 heterocycles. The maximum absolute atomic E-state index is 13.1. The standard InChI is InChI=1S/C49H49ClN8O8S/c1-30-40(67-48-43(30)44(34-12-14-35(50)15-13-34)52-38(26-42(60)66-49(3,4)5)45-55-54-31(2)58(45)48)17-11-32-27-51-56(28-32)19-21-64-23-25-65-24-22-63-20-7-9-33-8-6-10-36-37(33)29-57(47(36)62)39-16-18-41(59)53-46(39)61/h6,8,10,12-15,27-28,38-39H,16,18-26,29H2,1-5H3,(H,53,59,61)/t38-,39?/m0/s1. The quantitative estimate of drug-likeness (QED) is 0.0626. The third kappa shape index (κ3) is 11.1. The van der Waals surface area contributed by atoms with Crippen LogP contribution in [-0.4, -0.2) is 110 Å². The second-order valence-electron chi connectivity index (χ2n) is 17.0. The highest BCUT2D eigenvalue weighted by Crippen LogP contribution is 2.40. The van der Waals surface area contributed by atoms with Crippen LogP contribution in [0.5, 0.6) is 0 Å². The molecule has 0 aliphatic carbocycles. The Hall–Kier alpha value is -6.47. The van der Waals surface area contributed by atoms with Crippen molar-refractivity contribution in [2.75, 3.05) is 39.6 Å². The van der Waals surface area contributed by atoms with Gasteiger partial charge in [-0.05, 0) is 76.4 Å². The number of thiophene rings is 1. The van der Waals surface area contributed by atoms with Gasteiger partial charge < -0.3 is 23.8 Å². The number of esters is 1. The molecule has 1 unspecified atom stereocenters. The molecule has 3 amide bonds. The smallest absolute Gasteiger partial charge is 0.308 e. The molecule has 346 valence electrons. The molecule has 2 aromatic carbocycles. The first kappa shape index (κ1) is 47.0. The number of hydrogen-bond acceptors (Lipinski definition) is 13. The molecule has 0 saturated carbocycles. The number of rotatable bonds is 14. The molecule has 0 spiro atoms. The molecular formula is C49H49ClN8O8S. The van der Waals surface area contributed by atoms with Crippen LogP contribution in [0.4, 0.5) is 0 Å². The monoisotopic (exact) mass is 944 g/mol. The number of hydrogen-bond donors (Lipinski definition) is 1. The van der Waals surface area contributed by atoms with Crippen molar-refractivity contribution in [1.29, 1.82) is 0 Å². The van der Waals surface area contributed by atoms with E-state index in [4.69, 9.17) is 35.5 Å². The molecule has 1 fully saturated rings. The van der Waals surface area contributed by atoms with E-state index in [-0.39, 0.29) is 43.8 Å². The molecule has 5 aromatic rings. The lowest BCUT2D eigenvalue weighted by molar-refractivity contribution is -0.155. The predicted molar refractivity (Wildman–Crippen MR) is 249 cm³/mol. The van der Waals surface area contributed by atoms with E-state index >= 15 is 0 Å². The number of benzene rings is 2. The summed E-state index contributed by atoms with van der Waals surface area (Å²) < 4.78 is 26.5. The fourth-order valence-corrected chi connectivity index (χ4v) is 9.26. The van der Waals surface area contributed by atoms with Crippen molar-refractivity contribution in [2.45, 2.75) is 84.7 Å². The number of imide groups is 1. The highest BCUT2D eigenvalue weighted by Gasteiger charge is 2.40. The van der Waals surface area contributed by atoms with E-state index in [0.29, 0.717) is 79.5 Å². The number of nitrogens with zero attached hydrogens (tertiary/aromatic N) is 7. The minimum atomic E-state index is -0.676. The van der Waals surface area contributed by atoms with Gasteiger partial charge in [0, 0.05) is 46.4 Å². The summed E-state index contributed by atoms with van der Waals surface area (Å²) in [6.07, 6.45) is 4.11. The second kappa shape index (κ2) is 20.6. The molecule has 3 aliphatic rings. The van der Waals surface area contributed by atoms with Gasteiger partial charge in [0.15, 0.2) is 5.82 Å². The second-order valence-corrected chi connectivity index (χ2v) is 18.5. The molecule has 2 atom stereocenters. The number of piperidine rings is 1. The Bertz CT molecular complexity index is 2870. The molecule has 0 radical (unpaired) electrons. The Balaban J connectivity index is 0.802. The van der Waals surface area contributed by atoms with Crippen molar-refractivity contribution in [3.05, 3.63) is 115 Å². The lowest BCUT2D eigenvalue weighted by Gasteiger charge is -2.29. The zero-order valence-electron chi connectivity index (χ0n) is 37.8. The van der Waals surface area contributed by atoms with Crippen molar-refractivity contribution < 1.29 is 38.1 Å². The van der Waals surface area contributed by atoms with Gasteiger partial charge >= 0.3 is 5.97 Å². The van der Waals surface area contributed by atoms with Gasteiger partial charge in [-0.25, -0.2) is 0 Å². The van der Waals surface area contributed by atoms with Crippen molar-refractivity contribution in [2.24, 2.45) is 4.99 Å². The van der Waals surface area contributed by atoms with Crippen LogP contribution >= 0.6 is 22.9 Å². The molecule has 1 N–H and O–H groups in total. The van der Waals surface area contributed by atoms with E-state index in [1.54, 1.807) is 23.0 Å². The van der Waals surface area contributed by atoms with Crippen LogP contribution in [0.3, 0.4) is 0 Å². The molecule has 0 bridgehead atoms. The minimum Gasteiger partial charge on any atom is -0.460 e. The van der Waals surface area contributed by atoms with Crippen LogP contribution in [0.25, 0.3) is 5.00 Å². The van der Waals surface area contributed by atoms with E-state index in [1.165, 1.54) is 16.2 Å². The molecule has 3 aromatic heterocycles. The number of carbonyl (C=O) groups excluding carboxylic acids is 4. The van der Waals surface area contributed by atoms with E-state index in [2.05, 4.69) is 44.3 Å². The van der Waals surface area contributed by atoms with Crippen LogP contribution in [0.15, 0.2) is 59.9 Å². The van der Waals surface area contributed by atoms with Crippen LogP contribution < -0.4 is 5.32 Å². The first-order valence-electron chi connectivity index (χ1n) is 21.9. The van der Waals surface area contributed by atoms with Crippen molar-refractivity contribution in [3.8, 4) is 28.7 Å². The normalized spacial score (nSPS) is 16.5. The summed E-state index contributed by atoms with van der Waals surface area (Å²) in [4.78, 5) is 57.7. The number of amides is 3. The number of aryl methyl sites for hydroxylation is 1. The van der Waals surface area contributed by atoms with Gasteiger partial charge in [-0.3, -0.25) is 38.7 Å². The summed E-state index contributed by atoms with van der Waals surface area (Å²) in [5.74, 6) is 12.6. The summed E-state index contributed by atoms with van der Waals surface area (Å²) in [7, 11) is 0. The van der Waals surface area contributed by atoms with Gasteiger partial charge in [-0.2, -0.15) is 5.10 Å². The topological polar surface area (TPSA) is 181 Å². The number of aliphatic imine (C=N–C) groups is 1. The average Bonchev–Trinajstić information content (AvgIpc) is 4.04. The van der Waals surface area contributed by atoms with Gasteiger partial charge in [0.2, 0.25) is 11.8 Å². The number of fused-ring (bicyclic) bond motifs is 4. The SMILES string of the molecule is Cc1c(C#Cc2cnn(CCOCCOCCOCC#Cc3cccc4c3CN(C3CCC(=O)NC3=O)C4=O)c2)sc2c1C(c1ccc(Cl)cc1)=N[C@@H](CC(=O)OC(C)(C)C)c1nnc(C)n1-2. The Morgan fingerprint density at radius 1 is 0.955 bits per heavy atom. The summed E-state index contributed by atoms with van der Waals surface area (Å²) in [6, 6.07) is 11.5. The van der Waals surface area contributed by atoms with Gasteiger partial charge in [-0.15, -0.1) is 21.5 Å². The first-order valence-corrected chi connectivity index (χ1v) is 23.1. The third-order valence-corrected chi connectivity index (χ3v) is 12.5. The van der Waals surface area contributed by atoms with E-state index in [0.717, 1.165) is 37.7 Å². The number of aromatic nitrogens is 5. The summed E-state index contributed by atoms with van der Waals surface area (Å²) in [6.45, 7) is 12.4. The van der Waals surface area contributed by atoms with Crippen molar-refractivity contribution in [3.63, 3.8) is 0 Å². The fraction of sp³-hybridized carbons (Fsp3) is 0.388. The highest BCUT2D eigenvalue weighted by molar-refractivity contribution is 7.15. The van der Waals surface area contributed by atoms with E-state index < -0.39 is 23.6 Å². The van der Waals surface area contributed by atoms with Crippen LogP contribution in [0, 0.1) is 37.5 Å². The van der Waals surface area contributed by atoms with Crippen LogP contribution in [0.1, 0.15) is 106 Å². The zero-order valence-corrected chi connectivity index (χ0v) is 39.4. The Morgan fingerprint density at radius 3 is 2.48 bits per heavy atom. The van der Waals surface area contributed by atoms with Crippen molar-refractivity contribution >= 4 is 52.3 Å². The summed E-state index contributed by atoms with van der Waals surface area (Å²) in [5.41, 5.74) is 5.47. The van der Waals surface area contributed by atoms with Gasteiger partial charge in [-0.1, -0.05) is 53.5 Å². The number of carbonyl (C=O) groups is 4. The third-order valence-electron chi connectivity index (χ3n) is 11.0. The van der Waals surface area contributed by atoms with Gasteiger partial charge in [0.1, 0.15) is 35.1 Å². The van der Waals surface area contributed by atoms with Crippen molar-refractivity contribution in [1.82, 2.24) is 34.8 Å². The fourth-order valence-electron chi connectivity index (χ4n) is 7.92. The highest BCUT2D eigenvalue weighted by atomic mass is 35.5. The maximum Gasteiger partial charge on any atom is 0.308 e. The molecule has 1 saturated heterocycles. The molecule has 8 rings (SSSR count). The largest absolute Gasteiger partial charge is 0.460 e. The minimum absolute atomic E-state index is 0.00656. The van der Waals surface area contributed by atoms with E-state index in [1.807, 2.05) is 75.7 Å². The van der Waals surface area contributed by atoms with Crippen LogP contribution in [0.2, 0.25) is 5.02 Å². The predicted octanol–water partition coefficient (Wildman–Crippen LogP) is 5.68. The lowest BCUT2D eigenvalue weighted by atomic mass is 9.99. The summed E-state index contributed by atoms with van der Waals surface area (Å²) in [5, 5.41) is 17.2. The van der Waals surface area contributed by atoms with Crippen LogP contribution in [-0.2, 0) is 46.4 Å². The number of nitrogens with one attached hydrogen (secondary N) is 1. The average molecular weight is 945 g/mol. The molecule has 18 heteroatoms. The zero-order chi connectivity index (χ0) is 47.2. The Kier molecular flexibility index (Phi) is 14.5. The molecule has 67 heavy (non-hydrogen) atoms. The Labute approximate surface area is 397 Å². The molecule has 3 aliphatic heterocycles. The summed E-state index contributed by atoms with van der Waals surface area (Å²) >= 11 is 7.81. The van der Waals surface area contributed by atoms with Gasteiger partial charge in [0.25, 0.3) is 5.91 Å². The Morgan fingerprint density at radius 2 is 1.72 bits per heavy atom. The number of ether oxygens (including phenoxy) is 4. The maximum atomic E-state index is 13.1. The van der Waals surface area contributed by atoms with E-state index in [9.17, 15) is 19.2 Å². The first-order chi connectivity index (χ1) is 32.2. The lowest BCUT2D eigenvalue weighted by Crippen LogP contribution is -2.52. The molecule has 16 nitrogen and oxygen atoms in total. The molecular weight excluding hydrogens is 896 g/mol. The number of halogens is 1. The van der Waals surface area contributed by atoms with Gasteiger partial charge in [0.05, 0.1) is 68.3 Å².